The zero-order valence-corrected chi connectivity index (χ0v) is 22.2. The van der Waals surface area contributed by atoms with Crippen molar-refractivity contribution in [3.63, 3.8) is 0 Å². The van der Waals surface area contributed by atoms with Crippen LogP contribution in [-0.2, 0) is 4.79 Å². The second-order valence-electron chi connectivity index (χ2n) is 11.4. The average molecular weight is 462 g/mol. The highest BCUT2D eigenvalue weighted by Crippen LogP contribution is 2.48. The van der Waals surface area contributed by atoms with E-state index in [0.717, 1.165) is 38.5 Å². The maximum Gasteiger partial charge on any atom is 0.223 e. The number of rotatable bonds is 14. The summed E-state index contributed by atoms with van der Waals surface area (Å²) >= 11 is 0. The number of nitrogens with zero attached hydrogens (tertiary/aromatic N) is 1. The summed E-state index contributed by atoms with van der Waals surface area (Å²) in [4.78, 5) is 14.6. The molecule has 2 rings (SSSR count). The monoisotopic (exact) mass is 461 g/mol. The quantitative estimate of drug-likeness (QED) is 0.237. The fraction of sp³-hybridized carbons (Fsp3) is 0.828. The van der Waals surface area contributed by atoms with Gasteiger partial charge in [0.1, 0.15) is 0 Å². The number of aliphatic hydroxyl groups is 2. The van der Waals surface area contributed by atoms with Gasteiger partial charge in [0.25, 0.3) is 0 Å². The molecule has 0 unspecified atom stereocenters. The van der Waals surface area contributed by atoms with Crippen molar-refractivity contribution >= 4 is 5.91 Å². The van der Waals surface area contributed by atoms with Gasteiger partial charge in [0.2, 0.25) is 5.91 Å². The van der Waals surface area contributed by atoms with Crippen LogP contribution in [0.15, 0.2) is 23.8 Å². The van der Waals surface area contributed by atoms with E-state index in [-0.39, 0.29) is 30.0 Å². The van der Waals surface area contributed by atoms with Crippen molar-refractivity contribution in [2.75, 3.05) is 0 Å². The van der Waals surface area contributed by atoms with Crippen molar-refractivity contribution < 1.29 is 15.0 Å². The molecule has 33 heavy (non-hydrogen) atoms. The minimum absolute atomic E-state index is 0.150. The molecule has 0 aliphatic heterocycles. The summed E-state index contributed by atoms with van der Waals surface area (Å²) < 4.78 is 0. The van der Waals surface area contributed by atoms with Gasteiger partial charge in [0.05, 0.1) is 12.2 Å². The highest BCUT2D eigenvalue weighted by Gasteiger charge is 2.43. The van der Waals surface area contributed by atoms with Crippen molar-refractivity contribution in [3.8, 4) is 0 Å². The summed E-state index contributed by atoms with van der Waals surface area (Å²) in [6.07, 6.45) is 15.7. The molecule has 0 spiro atoms. The predicted octanol–water partition coefficient (Wildman–Crippen LogP) is 6.27. The normalized spacial score (nSPS) is 26.8. The number of hydrogen-bond acceptors (Lipinski definition) is 3. The van der Waals surface area contributed by atoms with E-state index in [9.17, 15) is 15.0 Å². The molecule has 0 bridgehead atoms. The molecule has 0 heterocycles. The van der Waals surface area contributed by atoms with Crippen LogP contribution >= 0.6 is 0 Å². The molecule has 0 radical (unpaired) electrons. The molecule has 1 saturated carbocycles. The van der Waals surface area contributed by atoms with Crippen LogP contribution in [0.2, 0.25) is 0 Å². The fourth-order valence-corrected chi connectivity index (χ4v) is 6.14. The Hall–Kier alpha value is -1.13. The van der Waals surface area contributed by atoms with Gasteiger partial charge in [-0.05, 0) is 84.0 Å². The van der Waals surface area contributed by atoms with Gasteiger partial charge in [-0.2, -0.15) is 0 Å². The Kier molecular flexibility index (Phi) is 11.7. The van der Waals surface area contributed by atoms with E-state index in [4.69, 9.17) is 0 Å². The molecule has 1 fully saturated rings. The molecular formula is C29H51NO3. The van der Waals surface area contributed by atoms with Crippen LogP contribution in [0.3, 0.4) is 0 Å². The van der Waals surface area contributed by atoms with E-state index in [0.29, 0.717) is 24.2 Å². The second kappa shape index (κ2) is 13.7. The first-order valence-corrected chi connectivity index (χ1v) is 13.7. The van der Waals surface area contributed by atoms with Gasteiger partial charge < -0.3 is 15.1 Å². The topological polar surface area (TPSA) is 60.8 Å². The Morgan fingerprint density at radius 2 is 1.85 bits per heavy atom. The van der Waals surface area contributed by atoms with E-state index in [1.165, 1.54) is 24.8 Å². The number of fused-ring (bicyclic) bond motifs is 1. The third kappa shape index (κ3) is 8.55. The third-order valence-corrected chi connectivity index (χ3v) is 7.74. The Bertz CT molecular complexity index is 645. The SMILES string of the molecule is CCCC[C@H](C)C[C@H](O)/C=C/[C@@H]1[C@H]2CC(CCCCC(=O)N(C(C)C)C(C)C)=C[C@H]2C[C@H]1O. The number of allylic oxidation sites excluding steroid dienone is 2. The first-order chi connectivity index (χ1) is 15.6. The number of unbranched alkanes of at least 4 members (excludes halogenated alkanes) is 2. The molecule has 2 N–H and O–H groups in total. The fourth-order valence-electron chi connectivity index (χ4n) is 6.14. The van der Waals surface area contributed by atoms with Crippen molar-refractivity contribution in [3.05, 3.63) is 23.8 Å². The summed E-state index contributed by atoms with van der Waals surface area (Å²) in [6, 6.07) is 0.507. The molecule has 0 aromatic rings. The molecular weight excluding hydrogens is 410 g/mol. The maximum absolute atomic E-state index is 12.6. The van der Waals surface area contributed by atoms with Crippen molar-refractivity contribution in [1.82, 2.24) is 4.90 Å². The predicted molar refractivity (Wildman–Crippen MR) is 138 cm³/mol. The first kappa shape index (κ1) is 28.1. The number of hydrogen-bond donors (Lipinski definition) is 2. The molecule has 190 valence electrons. The first-order valence-electron chi connectivity index (χ1n) is 13.7. The third-order valence-electron chi connectivity index (χ3n) is 7.74. The van der Waals surface area contributed by atoms with Crippen molar-refractivity contribution in [2.45, 2.75) is 130 Å². The van der Waals surface area contributed by atoms with Crippen LogP contribution in [0.25, 0.3) is 0 Å². The maximum atomic E-state index is 12.6. The molecule has 4 heteroatoms. The lowest BCUT2D eigenvalue weighted by atomic mass is 9.88. The standard InChI is InChI=1S/C29H51NO3/c1-7-8-11-22(6)16-25(31)14-15-26-27-18-23(17-24(27)19-28(26)32)12-9-10-13-29(33)30(20(2)3)21(4)5/h14-15,17,20-22,24-28,31-32H,7-13,16,18-19H2,1-6H3/b15-14+/t22-,24-,25+,26+,27-,28+/m0/s1. The van der Waals surface area contributed by atoms with Crippen molar-refractivity contribution in [2.24, 2.45) is 23.7 Å². The van der Waals surface area contributed by atoms with Crippen LogP contribution in [0.1, 0.15) is 106 Å². The zero-order valence-electron chi connectivity index (χ0n) is 22.2. The summed E-state index contributed by atoms with van der Waals surface area (Å²) in [7, 11) is 0. The van der Waals surface area contributed by atoms with Crippen LogP contribution in [0, 0.1) is 23.7 Å². The van der Waals surface area contributed by atoms with E-state index >= 15 is 0 Å². The summed E-state index contributed by atoms with van der Waals surface area (Å²) in [5, 5.41) is 21.0. The van der Waals surface area contributed by atoms with E-state index < -0.39 is 6.10 Å². The van der Waals surface area contributed by atoms with E-state index in [2.05, 4.69) is 53.7 Å². The molecule has 0 saturated heterocycles. The van der Waals surface area contributed by atoms with Gasteiger partial charge in [-0.3, -0.25) is 4.79 Å². The largest absolute Gasteiger partial charge is 0.392 e. The van der Waals surface area contributed by atoms with Crippen LogP contribution < -0.4 is 0 Å². The molecule has 1 amide bonds. The van der Waals surface area contributed by atoms with Gasteiger partial charge in [-0.25, -0.2) is 0 Å². The number of carbonyl (C=O) groups is 1. The lowest BCUT2D eigenvalue weighted by Crippen LogP contribution is -2.41. The smallest absolute Gasteiger partial charge is 0.223 e. The van der Waals surface area contributed by atoms with Crippen LogP contribution in [-0.4, -0.2) is 45.3 Å². The van der Waals surface area contributed by atoms with Gasteiger partial charge in [-0.15, -0.1) is 0 Å². The highest BCUT2D eigenvalue weighted by molar-refractivity contribution is 5.76. The average Bonchev–Trinajstić information content (AvgIpc) is 3.23. The minimum atomic E-state index is -0.411. The second-order valence-corrected chi connectivity index (χ2v) is 11.4. The Morgan fingerprint density at radius 1 is 1.15 bits per heavy atom. The Morgan fingerprint density at radius 3 is 2.48 bits per heavy atom. The van der Waals surface area contributed by atoms with Crippen molar-refractivity contribution in [1.29, 1.82) is 0 Å². The van der Waals surface area contributed by atoms with Crippen LogP contribution in [0.5, 0.6) is 0 Å². The van der Waals surface area contributed by atoms with Gasteiger partial charge >= 0.3 is 0 Å². The molecule has 4 nitrogen and oxygen atoms in total. The molecule has 0 aromatic heterocycles. The Labute approximate surface area is 203 Å². The Balaban J connectivity index is 1.77. The summed E-state index contributed by atoms with van der Waals surface area (Å²) in [5.74, 6) is 1.88. The van der Waals surface area contributed by atoms with Crippen LogP contribution in [0.4, 0.5) is 0 Å². The lowest BCUT2D eigenvalue weighted by molar-refractivity contribution is -0.134. The minimum Gasteiger partial charge on any atom is -0.392 e. The molecule has 0 aromatic carbocycles. The van der Waals surface area contributed by atoms with E-state index in [1.807, 2.05) is 11.0 Å². The van der Waals surface area contributed by atoms with Gasteiger partial charge in [-0.1, -0.05) is 56.9 Å². The highest BCUT2D eigenvalue weighted by atomic mass is 16.3. The summed E-state index contributed by atoms with van der Waals surface area (Å²) in [6.45, 7) is 12.8. The lowest BCUT2D eigenvalue weighted by Gasteiger charge is -2.30. The number of aliphatic hydroxyl groups excluding tert-OH is 2. The molecule has 2 aliphatic carbocycles. The number of carbonyl (C=O) groups excluding carboxylic acids is 1. The molecule has 6 atom stereocenters. The van der Waals surface area contributed by atoms with Gasteiger partial charge in [0.15, 0.2) is 0 Å². The summed E-state index contributed by atoms with van der Waals surface area (Å²) in [5.41, 5.74) is 1.50. The van der Waals surface area contributed by atoms with Gasteiger partial charge in [0, 0.05) is 24.4 Å². The zero-order chi connectivity index (χ0) is 24.5. The molecule has 2 aliphatic rings. The number of amides is 1. The van der Waals surface area contributed by atoms with E-state index in [1.54, 1.807) is 0 Å².